The first-order valence-corrected chi connectivity index (χ1v) is 11.0. The van der Waals surface area contributed by atoms with Crippen LogP contribution in [0, 0.1) is 6.92 Å². The largest absolute Gasteiger partial charge is 0.507 e. The molecule has 1 atom stereocenters. The molecule has 34 heavy (non-hydrogen) atoms. The van der Waals surface area contributed by atoms with Crippen molar-refractivity contribution in [3.8, 4) is 5.69 Å². The summed E-state index contributed by atoms with van der Waals surface area (Å²) in [6, 6.07) is 22.1. The SMILES string of the molecule is Cc1[nH]n(-c2ccccc2)c(=O)c1C(C1=C(O)c2ccccc2C(=O)C1=O)c1ccccc1Cl. The zero-order chi connectivity index (χ0) is 24.0. The van der Waals surface area contributed by atoms with Gasteiger partial charge < -0.3 is 5.11 Å². The Bertz CT molecular complexity index is 1550. The van der Waals surface area contributed by atoms with E-state index in [1.54, 1.807) is 73.7 Å². The smallest absolute Gasteiger partial charge is 0.275 e. The highest BCUT2D eigenvalue weighted by atomic mass is 35.5. The zero-order valence-corrected chi connectivity index (χ0v) is 18.8. The molecule has 0 bridgehead atoms. The molecule has 5 rings (SSSR count). The number of carbonyl (C=O) groups excluding carboxylic acids is 2. The number of Topliss-reactive ketones (excluding diaryl/α,β-unsaturated/α-hetero) is 2. The second-order valence-corrected chi connectivity index (χ2v) is 8.45. The van der Waals surface area contributed by atoms with Crippen LogP contribution in [0.25, 0.3) is 11.4 Å². The fourth-order valence-corrected chi connectivity index (χ4v) is 4.72. The number of aliphatic hydroxyl groups excluding tert-OH is 1. The van der Waals surface area contributed by atoms with Crippen LogP contribution in [0.15, 0.2) is 89.2 Å². The Labute approximate surface area is 199 Å². The number of nitrogens with zero attached hydrogens (tertiary/aromatic N) is 1. The average molecular weight is 471 g/mol. The summed E-state index contributed by atoms with van der Waals surface area (Å²) < 4.78 is 1.37. The third-order valence-corrected chi connectivity index (χ3v) is 6.40. The third kappa shape index (κ3) is 3.31. The lowest BCUT2D eigenvalue weighted by Gasteiger charge is -2.25. The number of halogens is 1. The number of hydrogen-bond acceptors (Lipinski definition) is 4. The molecule has 7 heteroatoms. The van der Waals surface area contributed by atoms with E-state index < -0.39 is 23.0 Å². The molecular weight excluding hydrogens is 452 g/mol. The summed E-state index contributed by atoms with van der Waals surface area (Å²) in [5.74, 6) is -3.01. The molecule has 1 aliphatic carbocycles. The van der Waals surface area contributed by atoms with Crippen LogP contribution in [0.4, 0.5) is 0 Å². The molecule has 168 valence electrons. The van der Waals surface area contributed by atoms with Crippen molar-refractivity contribution in [1.82, 2.24) is 9.78 Å². The first-order chi connectivity index (χ1) is 16.4. The van der Waals surface area contributed by atoms with Gasteiger partial charge in [0.25, 0.3) is 5.56 Å². The van der Waals surface area contributed by atoms with E-state index in [1.807, 2.05) is 6.07 Å². The Hall–Kier alpha value is -4.16. The van der Waals surface area contributed by atoms with Crippen molar-refractivity contribution in [2.24, 2.45) is 0 Å². The van der Waals surface area contributed by atoms with Gasteiger partial charge in [0, 0.05) is 21.8 Å². The van der Waals surface area contributed by atoms with E-state index in [1.165, 1.54) is 10.7 Å². The van der Waals surface area contributed by atoms with Gasteiger partial charge in [-0.1, -0.05) is 72.3 Å². The number of H-pyrrole nitrogens is 1. The molecular formula is C27H19ClN2O4. The van der Waals surface area contributed by atoms with Crippen LogP contribution in [-0.2, 0) is 4.79 Å². The molecule has 2 N–H and O–H groups in total. The summed E-state index contributed by atoms with van der Waals surface area (Å²) in [5.41, 5.74) is 1.54. The zero-order valence-electron chi connectivity index (χ0n) is 18.1. The van der Waals surface area contributed by atoms with Gasteiger partial charge in [0.15, 0.2) is 0 Å². The maximum absolute atomic E-state index is 13.7. The molecule has 3 aromatic carbocycles. The number of aromatic amines is 1. The van der Waals surface area contributed by atoms with Crippen LogP contribution in [0.2, 0.25) is 5.02 Å². The van der Waals surface area contributed by atoms with Crippen LogP contribution in [0.5, 0.6) is 0 Å². The normalized spacial score (nSPS) is 14.3. The van der Waals surface area contributed by atoms with E-state index in [-0.39, 0.29) is 28.0 Å². The Morgan fingerprint density at radius 2 is 1.44 bits per heavy atom. The summed E-state index contributed by atoms with van der Waals surface area (Å²) in [6.07, 6.45) is 0. The van der Waals surface area contributed by atoms with Crippen molar-refractivity contribution in [1.29, 1.82) is 0 Å². The van der Waals surface area contributed by atoms with Crippen molar-refractivity contribution in [2.75, 3.05) is 0 Å². The molecule has 0 radical (unpaired) electrons. The topological polar surface area (TPSA) is 92.2 Å². The molecule has 0 fully saturated rings. The fraction of sp³-hybridized carbons (Fsp3) is 0.0741. The summed E-state index contributed by atoms with van der Waals surface area (Å²) in [5, 5.41) is 14.6. The van der Waals surface area contributed by atoms with E-state index in [0.29, 0.717) is 22.0 Å². The van der Waals surface area contributed by atoms with Gasteiger partial charge in [-0.25, -0.2) is 4.68 Å². The summed E-state index contributed by atoms with van der Waals surface area (Å²) >= 11 is 6.53. The number of hydrogen-bond donors (Lipinski definition) is 2. The van der Waals surface area contributed by atoms with E-state index in [2.05, 4.69) is 5.10 Å². The predicted octanol–water partition coefficient (Wildman–Crippen LogP) is 4.99. The number of aliphatic hydroxyl groups is 1. The Morgan fingerprint density at radius 3 is 2.15 bits per heavy atom. The molecule has 1 aromatic heterocycles. The lowest BCUT2D eigenvalue weighted by molar-refractivity contribution is -0.112. The molecule has 1 unspecified atom stereocenters. The van der Waals surface area contributed by atoms with Crippen molar-refractivity contribution in [3.63, 3.8) is 0 Å². The van der Waals surface area contributed by atoms with Crippen molar-refractivity contribution in [2.45, 2.75) is 12.8 Å². The Kier molecular flexibility index (Phi) is 5.30. The quantitative estimate of drug-likeness (QED) is 0.411. The number of fused-ring (bicyclic) bond motifs is 1. The van der Waals surface area contributed by atoms with Gasteiger partial charge in [-0.2, -0.15) is 0 Å². The maximum Gasteiger partial charge on any atom is 0.275 e. The van der Waals surface area contributed by atoms with Gasteiger partial charge >= 0.3 is 0 Å². The first-order valence-electron chi connectivity index (χ1n) is 10.6. The molecule has 0 spiro atoms. The fourth-order valence-electron chi connectivity index (χ4n) is 4.48. The van der Waals surface area contributed by atoms with Gasteiger partial charge in [-0.15, -0.1) is 0 Å². The highest BCUT2D eigenvalue weighted by Crippen LogP contribution is 2.42. The van der Waals surface area contributed by atoms with E-state index in [4.69, 9.17) is 11.6 Å². The van der Waals surface area contributed by atoms with Gasteiger partial charge in [0.1, 0.15) is 5.76 Å². The van der Waals surface area contributed by atoms with Crippen LogP contribution in [0.1, 0.15) is 38.7 Å². The third-order valence-electron chi connectivity index (χ3n) is 6.06. The molecule has 0 aliphatic heterocycles. The highest BCUT2D eigenvalue weighted by Gasteiger charge is 2.40. The maximum atomic E-state index is 13.7. The van der Waals surface area contributed by atoms with Gasteiger partial charge in [0.05, 0.1) is 22.7 Å². The lowest BCUT2D eigenvalue weighted by atomic mass is 9.76. The molecule has 0 amide bonds. The number of carbonyl (C=O) groups is 2. The second-order valence-electron chi connectivity index (χ2n) is 8.05. The molecule has 0 saturated carbocycles. The molecule has 4 aromatic rings. The minimum Gasteiger partial charge on any atom is -0.507 e. The minimum atomic E-state index is -1.06. The number of ketones is 2. The lowest BCUT2D eigenvalue weighted by Crippen LogP contribution is -2.30. The monoisotopic (exact) mass is 470 g/mol. The van der Waals surface area contributed by atoms with E-state index >= 15 is 0 Å². The Morgan fingerprint density at radius 1 is 0.824 bits per heavy atom. The standard InChI is InChI=1S/C27H19ClN2O4/c1-15-21(27(34)30(29-15)16-9-3-2-4-10-16)22(19-13-7-8-14-20(19)28)23-24(31)17-11-5-6-12-18(17)25(32)26(23)33/h2-14,22,29,31H,1H3. The van der Waals surface area contributed by atoms with Gasteiger partial charge in [0.2, 0.25) is 11.6 Å². The number of rotatable bonds is 4. The molecule has 1 aliphatic rings. The predicted molar refractivity (Wildman–Crippen MR) is 130 cm³/mol. The van der Waals surface area contributed by atoms with Gasteiger partial charge in [-0.3, -0.25) is 19.5 Å². The number of allylic oxidation sites excluding steroid dienone is 1. The summed E-state index contributed by atoms with van der Waals surface area (Å²) in [7, 11) is 0. The molecule has 0 saturated heterocycles. The Balaban J connectivity index is 1.84. The highest BCUT2D eigenvalue weighted by molar-refractivity contribution is 6.52. The summed E-state index contributed by atoms with van der Waals surface area (Å²) in [6.45, 7) is 1.71. The average Bonchev–Trinajstić information content (AvgIpc) is 3.15. The van der Waals surface area contributed by atoms with Crippen LogP contribution in [0.3, 0.4) is 0 Å². The molecule has 6 nitrogen and oxygen atoms in total. The number of nitrogens with one attached hydrogen (secondary N) is 1. The van der Waals surface area contributed by atoms with Gasteiger partial charge in [-0.05, 0) is 30.7 Å². The number of para-hydroxylation sites is 1. The first kappa shape index (κ1) is 21.7. The van der Waals surface area contributed by atoms with Crippen LogP contribution in [-0.4, -0.2) is 26.5 Å². The van der Waals surface area contributed by atoms with Crippen molar-refractivity contribution < 1.29 is 14.7 Å². The number of aryl methyl sites for hydroxylation is 1. The van der Waals surface area contributed by atoms with E-state index in [9.17, 15) is 19.5 Å². The minimum absolute atomic E-state index is 0.124. The number of benzene rings is 3. The molecule has 1 heterocycles. The van der Waals surface area contributed by atoms with Crippen LogP contribution < -0.4 is 5.56 Å². The van der Waals surface area contributed by atoms with E-state index in [0.717, 1.165) is 0 Å². The summed E-state index contributed by atoms with van der Waals surface area (Å²) in [4.78, 5) is 40.1. The van der Waals surface area contributed by atoms with Crippen molar-refractivity contribution >= 4 is 28.9 Å². The number of aromatic nitrogens is 2. The van der Waals surface area contributed by atoms with Crippen molar-refractivity contribution in [3.05, 3.63) is 128 Å². The van der Waals surface area contributed by atoms with Crippen LogP contribution >= 0.6 is 11.6 Å². The second kappa shape index (κ2) is 8.32.